The van der Waals surface area contributed by atoms with Crippen LogP contribution in [0.25, 0.3) is 10.9 Å². The van der Waals surface area contributed by atoms with Crippen molar-refractivity contribution in [1.29, 1.82) is 0 Å². The van der Waals surface area contributed by atoms with E-state index in [2.05, 4.69) is 10.2 Å². The lowest BCUT2D eigenvalue weighted by Gasteiger charge is -2.27. The summed E-state index contributed by atoms with van der Waals surface area (Å²) in [5.74, 6) is -0.867. The average molecular weight is 464 g/mol. The number of aromatic nitrogens is 1. The molecule has 1 heterocycles. The molecule has 166 valence electrons. The zero-order valence-electron chi connectivity index (χ0n) is 16.4. The SMILES string of the molecule is NC(N)=N/N=C1\CC(c2cccc(C(F)(F)F)c2)Cc2c1c(=O)c1cc(Cl)ccc1n2O. The molecule has 5 N–H and O–H groups in total. The van der Waals surface area contributed by atoms with E-state index in [1.165, 1.54) is 24.3 Å². The molecule has 7 nitrogen and oxygen atoms in total. The van der Waals surface area contributed by atoms with E-state index in [1.807, 2.05) is 0 Å². The first-order chi connectivity index (χ1) is 15.1. The van der Waals surface area contributed by atoms with Crippen LogP contribution in [0.2, 0.25) is 5.02 Å². The molecule has 0 bridgehead atoms. The van der Waals surface area contributed by atoms with Crippen molar-refractivity contribution in [1.82, 2.24) is 4.73 Å². The monoisotopic (exact) mass is 463 g/mol. The average Bonchev–Trinajstić information content (AvgIpc) is 2.74. The van der Waals surface area contributed by atoms with E-state index in [4.69, 9.17) is 23.1 Å². The van der Waals surface area contributed by atoms with E-state index >= 15 is 0 Å². The van der Waals surface area contributed by atoms with Crippen molar-refractivity contribution in [3.05, 3.63) is 80.1 Å². The molecule has 0 saturated carbocycles. The van der Waals surface area contributed by atoms with E-state index < -0.39 is 23.1 Å². The smallest absolute Gasteiger partial charge is 0.416 e. The maximum Gasteiger partial charge on any atom is 0.416 e. The number of nitrogens with two attached hydrogens (primary N) is 2. The predicted octanol–water partition coefficient (Wildman–Crippen LogP) is 3.62. The lowest BCUT2D eigenvalue weighted by Crippen LogP contribution is -2.31. The molecule has 2 aromatic carbocycles. The largest absolute Gasteiger partial charge is 0.428 e. The third-order valence-corrected chi connectivity index (χ3v) is 5.58. The summed E-state index contributed by atoms with van der Waals surface area (Å²) < 4.78 is 40.5. The second-order valence-corrected chi connectivity index (χ2v) is 7.86. The van der Waals surface area contributed by atoms with Gasteiger partial charge in [0.15, 0.2) is 5.43 Å². The number of halogens is 4. The fraction of sp³-hybridized carbons (Fsp3) is 0.190. The van der Waals surface area contributed by atoms with Crippen molar-refractivity contribution in [3.63, 3.8) is 0 Å². The van der Waals surface area contributed by atoms with Crippen molar-refractivity contribution in [2.75, 3.05) is 0 Å². The Labute approximate surface area is 184 Å². The van der Waals surface area contributed by atoms with Gasteiger partial charge in [-0.3, -0.25) is 4.79 Å². The molecule has 0 radical (unpaired) electrons. The van der Waals surface area contributed by atoms with Crippen LogP contribution in [0.3, 0.4) is 0 Å². The Kier molecular flexibility index (Phi) is 5.33. The van der Waals surface area contributed by atoms with Crippen LogP contribution < -0.4 is 16.9 Å². The highest BCUT2D eigenvalue weighted by Crippen LogP contribution is 2.36. The number of pyridine rings is 1. The topological polar surface area (TPSA) is 119 Å². The highest BCUT2D eigenvalue weighted by Gasteiger charge is 2.34. The first-order valence-corrected chi connectivity index (χ1v) is 9.83. The van der Waals surface area contributed by atoms with Gasteiger partial charge in [0, 0.05) is 5.02 Å². The summed E-state index contributed by atoms with van der Waals surface area (Å²) in [5, 5.41) is 18.9. The summed E-state index contributed by atoms with van der Waals surface area (Å²) >= 11 is 6.01. The maximum atomic E-state index is 13.2. The zero-order chi connectivity index (χ0) is 23.2. The van der Waals surface area contributed by atoms with E-state index in [9.17, 15) is 23.2 Å². The van der Waals surface area contributed by atoms with E-state index in [0.29, 0.717) is 10.6 Å². The fourth-order valence-electron chi connectivity index (χ4n) is 3.93. The fourth-order valence-corrected chi connectivity index (χ4v) is 4.10. The third kappa shape index (κ3) is 3.89. The number of hydrogen-bond donors (Lipinski definition) is 3. The van der Waals surface area contributed by atoms with Gasteiger partial charge < -0.3 is 16.7 Å². The molecule has 0 spiro atoms. The van der Waals surface area contributed by atoms with Crippen molar-refractivity contribution in [3.8, 4) is 0 Å². The number of fused-ring (bicyclic) bond motifs is 2. The quantitative estimate of drug-likeness (QED) is 0.233. The van der Waals surface area contributed by atoms with Crippen molar-refractivity contribution < 1.29 is 18.4 Å². The maximum absolute atomic E-state index is 13.2. The Balaban J connectivity index is 1.94. The lowest BCUT2D eigenvalue weighted by atomic mass is 9.80. The Morgan fingerprint density at radius 3 is 2.59 bits per heavy atom. The molecule has 0 aliphatic heterocycles. The van der Waals surface area contributed by atoms with Gasteiger partial charge in [-0.1, -0.05) is 29.8 Å². The zero-order valence-corrected chi connectivity index (χ0v) is 17.2. The van der Waals surface area contributed by atoms with E-state index in [0.717, 1.165) is 16.9 Å². The normalized spacial score (nSPS) is 17.4. The van der Waals surface area contributed by atoms with Gasteiger partial charge >= 0.3 is 6.18 Å². The van der Waals surface area contributed by atoms with Gasteiger partial charge in [0.25, 0.3) is 0 Å². The number of rotatable bonds is 2. The molecular weight excluding hydrogens is 447 g/mol. The number of benzene rings is 2. The minimum atomic E-state index is -4.51. The molecule has 0 fully saturated rings. The van der Waals surface area contributed by atoms with Crippen LogP contribution in [-0.4, -0.2) is 21.6 Å². The number of hydrogen-bond acceptors (Lipinski definition) is 4. The molecule has 0 saturated heterocycles. The van der Waals surface area contributed by atoms with Gasteiger partial charge in [0.05, 0.1) is 33.4 Å². The number of nitrogens with zero attached hydrogens (tertiary/aromatic N) is 3. The highest BCUT2D eigenvalue weighted by molar-refractivity contribution is 6.31. The van der Waals surface area contributed by atoms with Gasteiger partial charge in [-0.15, -0.1) is 5.10 Å². The lowest BCUT2D eigenvalue weighted by molar-refractivity contribution is -0.137. The van der Waals surface area contributed by atoms with Crippen LogP contribution in [0.4, 0.5) is 13.2 Å². The van der Waals surface area contributed by atoms with Gasteiger partial charge in [0.1, 0.15) is 0 Å². The molecule has 0 amide bonds. The molecule has 1 aromatic heterocycles. The summed E-state index contributed by atoms with van der Waals surface area (Å²) in [5.41, 5.74) is 10.5. The van der Waals surface area contributed by atoms with Crippen molar-refractivity contribution in [2.45, 2.75) is 24.9 Å². The standard InChI is InChI=1S/C21H17ClF3N5O2/c22-13-4-5-16-14(9-13)19(31)18-15(28-29-20(26)27)7-11(8-17(18)30(16)32)10-2-1-3-12(6-10)21(23,24)25/h1-6,9,11,32H,7-8H2,(H4,26,27,29)/b28-15+. The van der Waals surface area contributed by atoms with Crippen LogP contribution in [0.5, 0.6) is 0 Å². The van der Waals surface area contributed by atoms with Gasteiger partial charge in [-0.25, -0.2) is 0 Å². The summed E-state index contributed by atoms with van der Waals surface area (Å²) in [4.78, 5) is 13.2. The van der Waals surface area contributed by atoms with Gasteiger partial charge in [-0.2, -0.15) is 23.0 Å². The summed E-state index contributed by atoms with van der Waals surface area (Å²) in [6, 6.07) is 9.33. The van der Waals surface area contributed by atoms with Crippen LogP contribution in [0.1, 0.15) is 34.7 Å². The van der Waals surface area contributed by atoms with Gasteiger partial charge in [-0.05, 0) is 48.6 Å². The summed E-state index contributed by atoms with van der Waals surface area (Å²) in [7, 11) is 0. The minimum Gasteiger partial charge on any atom is -0.428 e. The Hall–Kier alpha value is -3.53. The first-order valence-electron chi connectivity index (χ1n) is 9.45. The Bertz CT molecular complexity index is 1340. The number of guanidine groups is 1. The second kappa shape index (κ2) is 7.86. The predicted molar refractivity (Wildman–Crippen MR) is 115 cm³/mol. The Morgan fingerprint density at radius 1 is 1.16 bits per heavy atom. The van der Waals surface area contributed by atoms with E-state index in [1.54, 1.807) is 6.07 Å². The molecule has 4 rings (SSSR count). The van der Waals surface area contributed by atoms with Crippen molar-refractivity contribution >= 4 is 34.2 Å². The molecule has 1 aliphatic carbocycles. The van der Waals surface area contributed by atoms with Crippen LogP contribution in [-0.2, 0) is 12.6 Å². The second-order valence-electron chi connectivity index (χ2n) is 7.42. The van der Waals surface area contributed by atoms with Crippen LogP contribution in [0, 0.1) is 0 Å². The highest BCUT2D eigenvalue weighted by atomic mass is 35.5. The van der Waals surface area contributed by atoms with Crippen molar-refractivity contribution in [2.24, 2.45) is 21.7 Å². The molecule has 3 aromatic rings. The Morgan fingerprint density at radius 2 is 1.91 bits per heavy atom. The van der Waals surface area contributed by atoms with Crippen LogP contribution in [0.15, 0.2) is 57.5 Å². The summed E-state index contributed by atoms with van der Waals surface area (Å²) in [6.45, 7) is 0. The summed E-state index contributed by atoms with van der Waals surface area (Å²) in [6.07, 6.45) is -4.32. The van der Waals surface area contributed by atoms with E-state index in [-0.39, 0.29) is 46.7 Å². The molecule has 32 heavy (non-hydrogen) atoms. The third-order valence-electron chi connectivity index (χ3n) is 5.34. The molecule has 1 atom stereocenters. The number of alkyl halides is 3. The molecular formula is C21H17ClF3N5O2. The molecule has 1 aliphatic rings. The molecule has 1 unspecified atom stereocenters. The molecule has 11 heteroatoms. The van der Waals surface area contributed by atoms with Gasteiger partial charge in [0.2, 0.25) is 5.96 Å². The van der Waals surface area contributed by atoms with Crippen LogP contribution >= 0.6 is 11.6 Å². The minimum absolute atomic E-state index is 0.0897. The first kappa shape index (κ1) is 21.7.